The normalized spacial score (nSPS) is 20.0. The third-order valence-electron chi connectivity index (χ3n) is 4.61. The van der Waals surface area contributed by atoms with E-state index in [1.165, 1.54) is 4.31 Å². The van der Waals surface area contributed by atoms with Gasteiger partial charge in [0.15, 0.2) is 0 Å². The van der Waals surface area contributed by atoms with Crippen molar-refractivity contribution in [3.05, 3.63) is 23.2 Å². The largest absolute Gasteiger partial charge is 0.310 e. The molecular formula is C16H21ClN2O3S2. The van der Waals surface area contributed by atoms with E-state index in [0.717, 1.165) is 16.3 Å². The van der Waals surface area contributed by atoms with Crippen LogP contribution in [0.1, 0.15) is 19.8 Å². The fourth-order valence-electron chi connectivity index (χ4n) is 3.20. The number of carbonyl (C=O) groups excluding carboxylic acids is 1. The highest BCUT2D eigenvalue weighted by atomic mass is 35.5. The van der Waals surface area contributed by atoms with Gasteiger partial charge < -0.3 is 4.90 Å². The molecule has 0 unspecified atom stereocenters. The molecule has 2 aliphatic rings. The number of benzene rings is 1. The summed E-state index contributed by atoms with van der Waals surface area (Å²) >= 11 is 7.83. The molecule has 8 heteroatoms. The summed E-state index contributed by atoms with van der Waals surface area (Å²) in [6, 6.07) is 5.64. The maximum atomic E-state index is 13.0. The van der Waals surface area contributed by atoms with Crippen molar-refractivity contribution in [1.29, 1.82) is 0 Å². The number of hydrogen-bond donors (Lipinski definition) is 0. The lowest BCUT2D eigenvalue weighted by atomic mass is 9.96. The minimum absolute atomic E-state index is 0.0902. The number of sulfonamides is 1. The summed E-state index contributed by atoms with van der Waals surface area (Å²) in [5, 5.41) is 0.623. The van der Waals surface area contributed by atoms with Crippen LogP contribution >= 0.6 is 23.4 Å². The Balaban J connectivity index is 1.72. The van der Waals surface area contributed by atoms with Crippen molar-refractivity contribution in [2.24, 2.45) is 5.92 Å². The number of anilines is 1. The summed E-state index contributed by atoms with van der Waals surface area (Å²) in [4.78, 5) is 15.9. The predicted molar refractivity (Wildman–Crippen MR) is 98.3 cm³/mol. The SMILES string of the molecule is CCS(=O)(=O)N1CCC(C(=O)N2CCSc3ccc(Cl)cc32)CC1. The zero-order chi connectivity index (χ0) is 17.3. The number of amides is 1. The van der Waals surface area contributed by atoms with Crippen LogP contribution in [0.2, 0.25) is 5.02 Å². The Morgan fingerprint density at radius 1 is 1.29 bits per heavy atom. The van der Waals surface area contributed by atoms with Crippen molar-refractivity contribution >= 4 is 45.0 Å². The fourth-order valence-corrected chi connectivity index (χ4v) is 5.48. The Kier molecular flexibility index (Phi) is 5.44. The summed E-state index contributed by atoms with van der Waals surface area (Å²) in [6.45, 7) is 3.18. The first kappa shape index (κ1) is 18.0. The number of carbonyl (C=O) groups is 1. The standard InChI is InChI=1S/C16H21ClN2O3S2/c1-2-24(21,22)18-7-5-12(6-8-18)16(20)19-9-10-23-15-4-3-13(17)11-14(15)19/h3-4,11-12H,2,5-10H2,1H3. The van der Waals surface area contributed by atoms with Crippen molar-refractivity contribution in [1.82, 2.24) is 4.31 Å². The molecule has 3 rings (SSSR count). The summed E-state index contributed by atoms with van der Waals surface area (Å²) in [6.07, 6.45) is 1.16. The van der Waals surface area contributed by atoms with E-state index in [1.54, 1.807) is 18.7 Å². The maximum absolute atomic E-state index is 13.0. The van der Waals surface area contributed by atoms with Crippen molar-refractivity contribution in [3.8, 4) is 0 Å². The van der Waals surface area contributed by atoms with Gasteiger partial charge in [-0.25, -0.2) is 12.7 Å². The summed E-state index contributed by atoms with van der Waals surface area (Å²) in [7, 11) is -3.16. The third kappa shape index (κ3) is 3.59. The van der Waals surface area contributed by atoms with Gasteiger partial charge in [0, 0.05) is 41.2 Å². The molecule has 132 valence electrons. The van der Waals surface area contributed by atoms with Crippen LogP contribution in [0.15, 0.2) is 23.1 Å². The number of nitrogens with zero attached hydrogens (tertiary/aromatic N) is 2. The van der Waals surface area contributed by atoms with E-state index in [-0.39, 0.29) is 17.6 Å². The monoisotopic (exact) mass is 388 g/mol. The molecule has 0 bridgehead atoms. The average molecular weight is 389 g/mol. The Hall–Kier alpha value is -0.760. The molecule has 2 heterocycles. The lowest BCUT2D eigenvalue weighted by molar-refractivity contribution is -0.123. The molecule has 1 saturated heterocycles. The van der Waals surface area contributed by atoms with E-state index >= 15 is 0 Å². The van der Waals surface area contributed by atoms with Gasteiger partial charge in [0.25, 0.3) is 0 Å². The molecule has 0 atom stereocenters. The van der Waals surface area contributed by atoms with E-state index in [2.05, 4.69) is 0 Å². The van der Waals surface area contributed by atoms with Gasteiger partial charge in [0.05, 0.1) is 11.4 Å². The highest BCUT2D eigenvalue weighted by Gasteiger charge is 2.34. The quantitative estimate of drug-likeness (QED) is 0.798. The molecule has 0 aromatic heterocycles. The first-order chi connectivity index (χ1) is 11.4. The molecule has 0 radical (unpaired) electrons. The van der Waals surface area contributed by atoms with Crippen LogP contribution in [0.25, 0.3) is 0 Å². The van der Waals surface area contributed by atoms with Gasteiger partial charge in [-0.1, -0.05) is 11.6 Å². The second-order valence-corrected chi connectivity index (χ2v) is 9.86. The average Bonchev–Trinajstić information content (AvgIpc) is 2.60. The first-order valence-electron chi connectivity index (χ1n) is 8.14. The molecule has 0 aliphatic carbocycles. The molecule has 5 nitrogen and oxygen atoms in total. The molecule has 24 heavy (non-hydrogen) atoms. The van der Waals surface area contributed by atoms with Gasteiger partial charge >= 0.3 is 0 Å². The number of hydrogen-bond acceptors (Lipinski definition) is 4. The van der Waals surface area contributed by atoms with E-state index < -0.39 is 10.0 Å². The van der Waals surface area contributed by atoms with Gasteiger partial charge in [-0.2, -0.15) is 0 Å². The second kappa shape index (κ2) is 7.23. The lowest BCUT2D eigenvalue weighted by Gasteiger charge is -2.35. The van der Waals surface area contributed by atoms with Gasteiger partial charge in [0.2, 0.25) is 15.9 Å². The predicted octanol–water partition coefficient (Wildman–Crippen LogP) is 2.84. The molecule has 1 aromatic carbocycles. The minimum atomic E-state index is -3.16. The van der Waals surface area contributed by atoms with Crippen LogP contribution in [-0.4, -0.2) is 49.8 Å². The van der Waals surface area contributed by atoms with Crippen LogP contribution in [0.5, 0.6) is 0 Å². The number of piperidine rings is 1. The van der Waals surface area contributed by atoms with Gasteiger partial charge in [-0.05, 0) is 38.0 Å². The molecule has 0 saturated carbocycles. The number of halogens is 1. The zero-order valence-corrected chi connectivity index (χ0v) is 16.0. The molecule has 0 N–H and O–H groups in total. The Bertz CT molecular complexity index is 731. The molecule has 1 amide bonds. The Morgan fingerprint density at radius 3 is 2.67 bits per heavy atom. The highest BCUT2D eigenvalue weighted by molar-refractivity contribution is 7.99. The van der Waals surface area contributed by atoms with Crippen molar-refractivity contribution in [3.63, 3.8) is 0 Å². The van der Waals surface area contributed by atoms with Crippen LogP contribution in [-0.2, 0) is 14.8 Å². The van der Waals surface area contributed by atoms with Gasteiger partial charge in [-0.15, -0.1) is 11.8 Å². The van der Waals surface area contributed by atoms with Crippen molar-refractivity contribution in [2.45, 2.75) is 24.7 Å². The van der Waals surface area contributed by atoms with Crippen molar-refractivity contribution < 1.29 is 13.2 Å². The lowest BCUT2D eigenvalue weighted by Crippen LogP contribution is -2.46. The molecule has 2 aliphatic heterocycles. The Morgan fingerprint density at radius 2 is 2.00 bits per heavy atom. The second-order valence-electron chi connectivity index (χ2n) is 6.02. The smallest absolute Gasteiger partial charge is 0.230 e. The van der Waals surface area contributed by atoms with Crippen LogP contribution in [0, 0.1) is 5.92 Å². The van der Waals surface area contributed by atoms with E-state index in [1.807, 2.05) is 23.1 Å². The van der Waals surface area contributed by atoms with Crippen LogP contribution in [0.3, 0.4) is 0 Å². The van der Waals surface area contributed by atoms with Crippen LogP contribution in [0.4, 0.5) is 5.69 Å². The minimum Gasteiger partial charge on any atom is -0.310 e. The first-order valence-corrected chi connectivity index (χ1v) is 11.1. The van der Waals surface area contributed by atoms with E-state index in [0.29, 0.717) is 37.5 Å². The number of rotatable bonds is 3. The van der Waals surface area contributed by atoms with Crippen LogP contribution < -0.4 is 4.90 Å². The molecule has 1 aromatic rings. The van der Waals surface area contributed by atoms with E-state index in [4.69, 9.17) is 11.6 Å². The summed E-state index contributed by atoms with van der Waals surface area (Å²) in [5.74, 6) is 0.945. The third-order valence-corrected chi connectivity index (χ3v) is 7.77. The maximum Gasteiger partial charge on any atom is 0.230 e. The topological polar surface area (TPSA) is 57.7 Å². The molecule has 1 fully saturated rings. The van der Waals surface area contributed by atoms with Gasteiger partial charge in [0.1, 0.15) is 0 Å². The molecule has 0 spiro atoms. The zero-order valence-electron chi connectivity index (χ0n) is 13.6. The summed E-state index contributed by atoms with van der Waals surface area (Å²) in [5.41, 5.74) is 0.882. The number of fused-ring (bicyclic) bond motifs is 1. The Labute approximate surface area is 152 Å². The van der Waals surface area contributed by atoms with E-state index in [9.17, 15) is 13.2 Å². The summed E-state index contributed by atoms with van der Waals surface area (Å²) < 4.78 is 25.4. The number of thioether (sulfide) groups is 1. The highest BCUT2D eigenvalue weighted by Crippen LogP contribution is 2.38. The molecular weight excluding hydrogens is 368 g/mol. The fraction of sp³-hybridized carbons (Fsp3) is 0.562. The van der Waals surface area contributed by atoms with Gasteiger partial charge in [-0.3, -0.25) is 4.79 Å². The van der Waals surface area contributed by atoms with Crippen molar-refractivity contribution in [2.75, 3.05) is 36.0 Å².